The smallest absolute Gasteiger partial charge is 0.248 e. The van der Waals surface area contributed by atoms with Crippen LogP contribution < -0.4 is 20.1 Å². The van der Waals surface area contributed by atoms with Gasteiger partial charge in [0.2, 0.25) is 5.91 Å². The standard InChI is InChI=1S/C30H28FN7O3S/c1-18-36-37-30(42-18)19-7-5-8-20(13-19)41-21-10-11-24(23(31)14-21)35-29-22-15-26(34-28(39)9-6-12-38(2)3)27(40-4)16-25(22)32-17-33-29/h5-11,13-17H,12H2,1-4H3,(H,34,39)(H,32,33,35)/b9-6+. The van der Waals surface area contributed by atoms with Crippen molar-refractivity contribution in [3.8, 4) is 27.8 Å². The zero-order valence-electron chi connectivity index (χ0n) is 23.4. The summed E-state index contributed by atoms with van der Waals surface area (Å²) in [6.07, 6.45) is 4.58. The third-order valence-corrected chi connectivity index (χ3v) is 6.88. The SMILES string of the molecule is COc1cc2ncnc(Nc3ccc(Oc4cccc(-c5nnc(C)s5)c4)cc3F)c2cc1NC(=O)/C=C/CN(C)C. The Morgan fingerprint density at radius 1 is 1.05 bits per heavy atom. The Morgan fingerprint density at radius 2 is 1.88 bits per heavy atom. The van der Waals surface area contributed by atoms with Crippen molar-refractivity contribution in [1.82, 2.24) is 25.1 Å². The molecule has 0 aliphatic heterocycles. The Kier molecular flexibility index (Phi) is 8.65. The van der Waals surface area contributed by atoms with Gasteiger partial charge in [0, 0.05) is 35.7 Å². The number of benzene rings is 3. The van der Waals surface area contributed by atoms with Crippen molar-refractivity contribution in [3.63, 3.8) is 0 Å². The second-order valence-electron chi connectivity index (χ2n) is 9.47. The Bertz CT molecular complexity index is 1770. The second kappa shape index (κ2) is 12.7. The molecule has 1 amide bonds. The van der Waals surface area contributed by atoms with Crippen molar-refractivity contribution in [1.29, 1.82) is 0 Å². The maximum Gasteiger partial charge on any atom is 0.248 e. The van der Waals surface area contributed by atoms with E-state index in [1.807, 2.05) is 44.1 Å². The van der Waals surface area contributed by atoms with Gasteiger partial charge in [-0.15, -0.1) is 10.2 Å². The number of anilines is 3. The van der Waals surface area contributed by atoms with Crippen molar-refractivity contribution in [2.75, 3.05) is 38.4 Å². The molecule has 2 aromatic heterocycles. The highest BCUT2D eigenvalue weighted by Crippen LogP contribution is 2.35. The zero-order chi connectivity index (χ0) is 29.6. The van der Waals surface area contributed by atoms with Crippen molar-refractivity contribution in [2.24, 2.45) is 0 Å². The molecule has 0 saturated heterocycles. The predicted octanol–water partition coefficient (Wildman–Crippen LogP) is 6.20. The minimum absolute atomic E-state index is 0.188. The second-order valence-corrected chi connectivity index (χ2v) is 10.7. The van der Waals surface area contributed by atoms with Crippen LogP contribution in [0.2, 0.25) is 0 Å². The first-order valence-electron chi connectivity index (χ1n) is 12.9. The Morgan fingerprint density at radius 3 is 2.62 bits per heavy atom. The van der Waals surface area contributed by atoms with E-state index in [4.69, 9.17) is 9.47 Å². The number of nitrogens with one attached hydrogen (secondary N) is 2. The van der Waals surface area contributed by atoms with E-state index >= 15 is 4.39 Å². The first kappa shape index (κ1) is 28.6. The highest BCUT2D eigenvalue weighted by molar-refractivity contribution is 7.14. The van der Waals surface area contributed by atoms with Crippen LogP contribution in [0.4, 0.5) is 21.6 Å². The van der Waals surface area contributed by atoms with Gasteiger partial charge < -0.3 is 25.0 Å². The van der Waals surface area contributed by atoms with Crippen molar-refractivity contribution >= 4 is 45.3 Å². The van der Waals surface area contributed by atoms with Crippen LogP contribution in [0.15, 0.2) is 73.1 Å². The van der Waals surface area contributed by atoms with Crippen LogP contribution in [0.25, 0.3) is 21.5 Å². The molecule has 214 valence electrons. The lowest BCUT2D eigenvalue weighted by Gasteiger charge is -2.14. The third kappa shape index (κ3) is 6.85. The summed E-state index contributed by atoms with van der Waals surface area (Å²) in [4.78, 5) is 23.1. The summed E-state index contributed by atoms with van der Waals surface area (Å²) in [5, 5.41) is 16.3. The fraction of sp³-hybridized carbons (Fsp3) is 0.167. The zero-order valence-corrected chi connectivity index (χ0v) is 24.2. The summed E-state index contributed by atoms with van der Waals surface area (Å²) in [5.74, 6) is 0.804. The number of ether oxygens (including phenoxy) is 2. The van der Waals surface area contributed by atoms with Crippen molar-refractivity contribution in [3.05, 3.63) is 83.9 Å². The van der Waals surface area contributed by atoms with Crippen LogP contribution >= 0.6 is 11.3 Å². The molecule has 42 heavy (non-hydrogen) atoms. The van der Waals surface area contributed by atoms with Crippen molar-refractivity contribution < 1.29 is 18.7 Å². The molecule has 5 aromatic rings. The van der Waals surface area contributed by atoms with Gasteiger partial charge in [-0.2, -0.15) is 0 Å². The van der Waals surface area contributed by atoms with Crippen LogP contribution in [-0.2, 0) is 4.79 Å². The van der Waals surface area contributed by atoms with Gasteiger partial charge in [0.25, 0.3) is 0 Å². The summed E-state index contributed by atoms with van der Waals surface area (Å²) < 4.78 is 26.6. The fourth-order valence-electron chi connectivity index (χ4n) is 4.03. The Balaban J connectivity index is 1.36. The molecular formula is C30H28FN7O3S. The van der Waals surface area contributed by atoms with E-state index in [2.05, 4.69) is 30.8 Å². The molecule has 10 nitrogen and oxygen atoms in total. The van der Waals surface area contributed by atoms with E-state index in [-0.39, 0.29) is 11.6 Å². The van der Waals surface area contributed by atoms with Crippen LogP contribution in [-0.4, -0.2) is 58.7 Å². The number of methoxy groups -OCH3 is 1. The number of fused-ring (bicyclic) bond motifs is 1. The van der Waals surface area contributed by atoms with Gasteiger partial charge in [0.1, 0.15) is 45.2 Å². The molecule has 0 atom stereocenters. The molecule has 2 N–H and O–H groups in total. The average Bonchev–Trinajstić information content (AvgIpc) is 3.40. The molecular weight excluding hydrogens is 557 g/mol. The predicted molar refractivity (Wildman–Crippen MR) is 162 cm³/mol. The van der Waals surface area contributed by atoms with Crippen LogP contribution in [0.5, 0.6) is 17.2 Å². The number of hydrogen-bond donors (Lipinski definition) is 2. The molecule has 2 heterocycles. The van der Waals surface area contributed by atoms with E-state index < -0.39 is 5.82 Å². The number of aromatic nitrogens is 4. The summed E-state index contributed by atoms with van der Waals surface area (Å²) in [5.41, 5.74) is 2.03. The largest absolute Gasteiger partial charge is 0.494 e. The number of carbonyl (C=O) groups is 1. The molecule has 0 saturated carbocycles. The molecule has 0 unspecified atom stereocenters. The molecule has 12 heteroatoms. The van der Waals surface area contributed by atoms with Crippen LogP contribution in [0, 0.1) is 12.7 Å². The lowest BCUT2D eigenvalue weighted by molar-refractivity contribution is -0.111. The molecule has 0 aliphatic carbocycles. The number of halogens is 1. The van der Waals surface area contributed by atoms with Gasteiger partial charge in [-0.05, 0) is 51.4 Å². The fourth-order valence-corrected chi connectivity index (χ4v) is 4.71. The molecule has 0 fully saturated rings. The van der Waals surface area contributed by atoms with Gasteiger partial charge in [-0.3, -0.25) is 4.79 Å². The number of likely N-dealkylation sites (N-methyl/N-ethyl adjacent to an activating group) is 1. The number of aryl methyl sites for hydroxylation is 1. The topological polar surface area (TPSA) is 114 Å². The van der Waals surface area contributed by atoms with Gasteiger partial charge in [0.05, 0.1) is 24.0 Å². The summed E-state index contributed by atoms with van der Waals surface area (Å²) >= 11 is 1.48. The highest BCUT2D eigenvalue weighted by atomic mass is 32.1. The maximum absolute atomic E-state index is 15.2. The quantitative estimate of drug-likeness (QED) is 0.185. The van der Waals surface area contributed by atoms with E-state index in [1.165, 1.54) is 36.9 Å². The van der Waals surface area contributed by atoms with Gasteiger partial charge in [-0.25, -0.2) is 14.4 Å². The minimum atomic E-state index is -0.539. The van der Waals surface area contributed by atoms with E-state index in [9.17, 15) is 4.79 Å². The van der Waals surface area contributed by atoms with E-state index in [0.717, 1.165) is 15.6 Å². The van der Waals surface area contributed by atoms with Gasteiger partial charge in [-0.1, -0.05) is 29.5 Å². The number of amides is 1. The maximum atomic E-state index is 15.2. The molecule has 5 rings (SSSR count). The van der Waals surface area contributed by atoms with Crippen LogP contribution in [0.1, 0.15) is 5.01 Å². The first-order chi connectivity index (χ1) is 20.3. The lowest BCUT2D eigenvalue weighted by atomic mass is 10.1. The summed E-state index contributed by atoms with van der Waals surface area (Å²) in [7, 11) is 5.33. The first-order valence-corrected chi connectivity index (χ1v) is 13.7. The monoisotopic (exact) mass is 585 g/mol. The molecule has 0 radical (unpaired) electrons. The lowest BCUT2D eigenvalue weighted by Crippen LogP contribution is -2.13. The molecule has 3 aromatic carbocycles. The summed E-state index contributed by atoms with van der Waals surface area (Å²) in [6, 6.07) is 15.3. The number of rotatable bonds is 10. The normalized spacial score (nSPS) is 11.3. The van der Waals surface area contributed by atoms with E-state index in [1.54, 1.807) is 36.4 Å². The highest BCUT2D eigenvalue weighted by Gasteiger charge is 2.14. The minimum Gasteiger partial charge on any atom is -0.494 e. The van der Waals surface area contributed by atoms with Gasteiger partial charge >= 0.3 is 0 Å². The molecule has 0 spiro atoms. The Labute approximate surface area is 245 Å². The number of nitrogens with zero attached hydrogens (tertiary/aromatic N) is 5. The van der Waals surface area contributed by atoms with E-state index in [0.29, 0.717) is 46.2 Å². The molecule has 0 aliphatic rings. The Hall–Kier alpha value is -4.94. The third-order valence-electron chi connectivity index (χ3n) is 5.99. The van der Waals surface area contributed by atoms with Crippen molar-refractivity contribution in [2.45, 2.75) is 6.92 Å². The summed E-state index contributed by atoms with van der Waals surface area (Å²) in [6.45, 7) is 2.51. The molecule has 0 bridgehead atoms. The average molecular weight is 586 g/mol. The number of hydrogen-bond acceptors (Lipinski definition) is 10. The van der Waals surface area contributed by atoms with Crippen LogP contribution in [0.3, 0.4) is 0 Å². The van der Waals surface area contributed by atoms with Gasteiger partial charge in [0.15, 0.2) is 0 Å². The number of carbonyl (C=O) groups excluding carboxylic acids is 1.